The highest BCUT2D eigenvalue weighted by Gasteiger charge is 2.19. The number of carbonyl (C=O) groups is 2. The monoisotopic (exact) mass is 419 g/mol. The number of hydrogen-bond acceptors (Lipinski definition) is 4. The maximum Gasteiger partial charge on any atom is 0.408 e. The first-order valence-electron chi connectivity index (χ1n) is 10.4. The number of alkyl carbamates (subject to hydrolysis) is 1. The van der Waals surface area contributed by atoms with Crippen molar-refractivity contribution in [2.75, 3.05) is 7.11 Å². The van der Waals surface area contributed by atoms with Crippen LogP contribution in [0.15, 0.2) is 60.7 Å². The molecule has 3 aromatic rings. The van der Waals surface area contributed by atoms with Crippen LogP contribution in [0.4, 0.5) is 4.79 Å². The lowest BCUT2D eigenvalue weighted by atomic mass is 9.96. The van der Waals surface area contributed by atoms with Crippen LogP contribution in [0, 0.1) is 0 Å². The molecule has 0 aliphatic carbocycles. The van der Waals surface area contributed by atoms with Gasteiger partial charge >= 0.3 is 12.1 Å². The normalized spacial score (nSPS) is 12.8. The van der Waals surface area contributed by atoms with Crippen molar-refractivity contribution >= 4 is 39.7 Å². The Hall–Kier alpha value is -3.34. The third-order valence-corrected chi connectivity index (χ3v) is 4.90. The lowest BCUT2D eigenvalue weighted by Crippen LogP contribution is -2.38. The Bertz CT molecular complexity index is 1060. The minimum absolute atomic E-state index is 0.192. The number of carbonyl (C=O) groups excluding carboxylic acids is 2. The molecular formula is C26H29NO4. The molecule has 0 bridgehead atoms. The fraction of sp³-hybridized carbons (Fsp3) is 0.308. The molecule has 31 heavy (non-hydrogen) atoms. The molecule has 5 nitrogen and oxygen atoms in total. The molecule has 0 heterocycles. The summed E-state index contributed by atoms with van der Waals surface area (Å²) in [7, 11) is 1.36. The topological polar surface area (TPSA) is 64.6 Å². The van der Waals surface area contributed by atoms with Crippen LogP contribution in [0.5, 0.6) is 0 Å². The van der Waals surface area contributed by atoms with E-state index in [0.717, 1.165) is 27.1 Å². The lowest BCUT2D eigenvalue weighted by molar-refractivity contribution is -0.140. The zero-order chi connectivity index (χ0) is 22.4. The highest BCUT2D eigenvalue weighted by molar-refractivity contribution is 6.06. The first-order chi connectivity index (χ1) is 14.8. The quantitative estimate of drug-likeness (QED) is 0.402. The standard InChI is InChI=1S/C26H29NO4/c1-26(2,3)31-25(29)27-20(14-16-24(28)30-4)13-15-23-21-11-7-5-9-18(21)17-19-10-6-8-12-22(19)23/h5-13,15,17,20H,14,16H2,1-4H3,(H,27,29)/b15-13+/t20-/m0/s1. The van der Waals surface area contributed by atoms with Crippen molar-refractivity contribution in [3.05, 3.63) is 66.2 Å². The minimum Gasteiger partial charge on any atom is -0.469 e. The first kappa shape index (κ1) is 22.3. The van der Waals surface area contributed by atoms with Gasteiger partial charge in [-0.15, -0.1) is 0 Å². The van der Waals surface area contributed by atoms with E-state index in [-0.39, 0.29) is 18.4 Å². The molecule has 0 aliphatic heterocycles. The summed E-state index contributed by atoms with van der Waals surface area (Å²) in [6, 6.07) is 18.2. The van der Waals surface area contributed by atoms with E-state index in [1.54, 1.807) is 0 Å². The maximum atomic E-state index is 12.3. The van der Waals surface area contributed by atoms with Crippen LogP contribution in [0.3, 0.4) is 0 Å². The highest BCUT2D eigenvalue weighted by atomic mass is 16.6. The molecule has 0 saturated carbocycles. The number of amides is 1. The van der Waals surface area contributed by atoms with Gasteiger partial charge < -0.3 is 14.8 Å². The van der Waals surface area contributed by atoms with E-state index in [2.05, 4.69) is 35.6 Å². The van der Waals surface area contributed by atoms with Gasteiger partial charge in [0.05, 0.1) is 13.2 Å². The van der Waals surface area contributed by atoms with E-state index in [9.17, 15) is 9.59 Å². The number of hydrogen-bond donors (Lipinski definition) is 1. The Labute approximate surface area is 183 Å². The lowest BCUT2D eigenvalue weighted by Gasteiger charge is -2.22. The molecule has 5 heteroatoms. The largest absolute Gasteiger partial charge is 0.469 e. The van der Waals surface area contributed by atoms with Crippen molar-refractivity contribution in [1.29, 1.82) is 0 Å². The van der Waals surface area contributed by atoms with E-state index in [1.807, 2.05) is 57.2 Å². The summed E-state index contributed by atoms with van der Waals surface area (Å²) < 4.78 is 10.2. The molecule has 0 spiro atoms. The summed E-state index contributed by atoms with van der Waals surface area (Å²) in [5, 5.41) is 7.41. The van der Waals surface area contributed by atoms with Gasteiger partial charge in [0.2, 0.25) is 0 Å². The van der Waals surface area contributed by atoms with Gasteiger partial charge in [-0.2, -0.15) is 0 Å². The Morgan fingerprint density at radius 1 is 1.00 bits per heavy atom. The number of fused-ring (bicyclic) bond motifs is 2. The van der Waals surface area contributed by atoms with Crippen LogP contribution in [0.2, 0.25) is 0 Å². The molecular weight excluding hydrogens is 390 g/mol. The fourth-order valence-electron chi connectivity index (χ4n) is 3.49. The number of nitrogens with one attached hydrogen (secondary N) is 1. The van der Waals surface area contributed by atoms with Crippen LogP contribution >= 0.6 is 0 Å². The van der Waals surface area contributed by atoms with Crippen molar-refractivity contribution in [3.8, 4) is 0 Å². The smallest absolute Gasteiger partial charge is 0.408 e. The fourth-order valence-corrected chi connectivity index (χ4v) is 3.49. The van der Waals surface area contributed by atoms with Crippen LogP contribution in [-0.2, 0) is 14.3 Å². The van der Waals surface area contributed by atoms with Gasteiger partial charge in [-0.3, -0.25) is 4.79 Å². The second-order valence-corrected chi connectivity index (χ2v) is 8.46. The van der Waals surface area contributed by atoms with Crippen LogP contribution in [0.1, 0.15) is 39.2 Å². The predicted octanol–water partition coefficient (Wildman–Crippen LogP) is 5.85. The summed E-state index contributed by atoms with van der Waals surface area (Å²) >= 11 is 0. The van der Waals surface area contributed by atoms with Crippen molar-refractivity contribution in [3.63, 3.8) is 0 Å². The number of methoxy groups -OCH3 is 1. The molecule has 3 aromatic carbocycles. The Kier molecular flexibility index (Phi) is 6.95. The van der Waals surface area contributed by atoms with Gasteiger partial charge in [-0.1, -0.05) is 60.7 Å². The van der Waals surface area contributed by atoms with Gasteiger partial charge in [0, 0.05) is 6.42 Å². The van der Waals surface area contributed by atoms with Gasteiger partial charge in [-0.05, 0) is 60.4 Å². The average Bonchev–Trinajstić information content (AvgIpc) is 2.73. The predicted molar refractivity (Wildman–Crippen MR) is 125 cm³/mol. The molecule has 0 fully saturated rings. The Balaban J connectivity index is 1.95. The SMILES string of the molecule is COC(=O)CC[C@H](/C=C/c1c2ccccc2cc2ccccc12)NC(=O)OC(C)(C)C. The first-order valence-corrected chi connectivity index (χ1v) is 10.4. The van der Waals surface area contributed by atoms with Crippen molar-refractivity contribution in [1.82, 2.24) is 5.32 Å². The third-order valence-electron chi connectivity index (χ3n) is 4.90. The number of ether oxygens (including phenoxy) is 2. The number of benzene rings is 3. The second kappa shape index (κ2) is 9.65. The van der Waals surface area contributed by atoms with E-state index in [1.165, 1.54) is 7.11 Å². The molecule has 1 N–H and O–H groups in total. The zero-order valence-corrected chi connectivity index (χ0v) is 18.5. The molecule has 0 radical (unpaired) electrons. The van der Waals surface area contributed by atoms with Gasteiger partial charge in [0.1, 0.15) is 5.60 Å². The van der Waals surface area contributed by atoms with Crippen molar-refractivity contribution in [2.24, 2.45) is 0 Å². The van der Waals surface area contributed by atoms with Gasteiger partial charge in [-0.25, -0.2) is 4.79 Å². The second-order valence-electron chi connectivity index (χ2n) is 8.46. The number of esters is 1. The van der Waals surface area contributed by atoms with Gasteiger partial charge in [0.25, 0.3) is 0 Å². The minimum atomic E-state index is -0.605. The van der Waals surface area contributed by atoms with Crippen molar-refractivity contribution < 1.29 is 19.1 Å². The number of rotatable bonds is 6. The Morgan fingerprint density at radius 3 is 2.13 bits per heavy atom. The summed E-state index contributed by atoms with van der Waals surface area (Å²) in [5.74, 6) is -0.319. The summed E-state index contributed by atoms with van der Waals surface area (Å²) in [5.41, 5.74) is 0.467. The molecule has 1 atom stereocenters. The van der Waals surface area contributed by atoms with Crippen LogP contribution < -0.4 is 5.32 Å². The van der Waals surface area contributed by atoms with E-state index in [0.29, 0.717) is 6.42 Å². The molecule has 0 aliphatic rings. The van der Waals surface area contributed by atoms with E-state index in [4.69, 9.17) is 9.47 Å². The van der Waals surface area contributed by atoms with Crippen molar-refractivity contribution in [2.45, 2.75) is 45.3 Å². The van der Waals surface area contributed by atoms with Crippen LogP contribution in [0.25, 0.3) is 27.6 Å². The molecule has 162 valence electrons. The van der Waals surface area contributed by atoms with E-state index < -0.39 is 11.7 Å². The summed E-state index contributed by atoms with van der Waals surface area (Å²) in [4.78, 5) is 24.0. The molecule has 0 aromatic heterocycles. The van der Waals surface area contributed by atoms with E-state index >= 15 is 0 Å². The maximum absolute atomic E-state index is 12.3. The zero-order valence-electron chi connectivity index (χ0n) is 18.5. The average molecular weight is 420 g/mol. The third kappa shape index (κ3) is 6.07. The molecule has 0 saturated heterocycles. The molecule has 0 unspecified atom stereocenters. The highest BCUT2D eigenvalue weighted by Crippen LogP contribution is 2.29. The van der Waals surface area contributed by atoms with Gasteiger partial charge in [0.15, 0.2) is 0 Å². The molecule has 1 amide bonds. The Morgan fingerprint density at radius 2 is 1.58 bits per heavy atom. The summed E-state index contributed by atoms with van der Waals surface area (Å²) in [6.07, 6.45) is 4.02. The van der Waals surface area contributed by atoms with Crippen LogP contribution in [-0.4, -0.2) is 30.8 Å². The summed E-state index contributed by atoms with van der Waals surface area (Å²) in [6.45, 7) is 5.44. The molecule has 3 rings (SSSR count).